The van der Waals surface area contributed by atoms with Crippen LogP contribution in [-0.4, -0.2) is 19.7 Å². The van der Waals surface area contributed by atoms with E-state index in [9.17, 15) is 40.5 Å². The maximum Gasteiger partial charge on any atom is 0.318 e. The van der Waals surface area contributed by atoms with E-state index in [1.165, 1.54) is 0 Å². The van der Waals surface area contributed by atoms with E-state index < -0.39 is 53.9 Å². The van der Waals surface area contributed by atoms with Crippen LogP contribution in [0.15, 0.2) is 36.4 Å². The summed E-state index contributed by atoms with van der Waals surface area (Å²) >= 11 is 0. The number of ether oxygens (including phenoxy) is 1. The van der Waals surface area contributed by atoms with Crippen molar-refractivity contribution >= 4 is 22.7 Å². The summed E-state index contributed by atoms with van der Waals surface area (Å²) in [6.45, 7) is 0. The second kappa shape index (κ2) is 6.53. The Hall–Kier alpha value is -4.16. The van der Waals surface area contributed by atoms with Gasteiger partial charge in [-0.3, -0.25) is 40.5 Å². The highest BCUT2D eigenvalue weighted by Crippen LogP contribution is 2.39. The zero-order valence-electron chi connectivity index (χ0n) is 11.9. The van der Waals surface area contributed by atoms with Gasteiger partial charge in [0.05, 0.1) is 31.8 Å². The molecule has 0 aliphatic rings. The fourth-order valence-corrected chi connectivity index (χ4v) is 1.82. The molecule has 0 N–H and O–H groups in total. The standard InChI is InChI=1S/C12H6N4O9/c17-13(18)7-1-3-11(9(5-7)15(21)22)25-12-4-2-8(14(19)20)6-10(12)16(23)24/h1-6H. The normalized spacial score (nSPS) is 10.1. The van der Waals surface area contributed by atoms with E-state index in [-0.39, 0.29) is 0 Å². The molecule has 0 bridgehead atoms. The molecule has 0 atom stereocenters. The van der Waals surface area contributed by atoms with Gasteiger partial charge >= 0.3 is 11.4 Å². The van der Waals surface area contributed by atoms with E-state index in [1.807, 2.05) is 0 Å². The number of hydrogen-bond acceptors (Lipinski definition) is 9. The van der Waals surface area contributed by atoms with Crippen LogP contribution in [0.5, 0.6) is 11.5 Å². The molecule has 0 radical (unpaired) electrons. The number of nitro groups is 4. The minimum absolute atomic E-state index is 0.493. The second-order valence-corrected chi connectivity index (χ2v) is 4.43. The maximum atomic E-state index is 11.0. The van der Waals surface area contributed by atoms with E-state index in [0.29, 0.717) is 12.1 Å². The first-order valence-electron chi connectivity index (χ1n) is 6.24. The highest BCUT2D eigenvalue weighted by molar-refractivity contribution is 5.59. The molecule has 13 heteroatoms. The summed E-state index contributed by atoms with van der Waals surface area (Å²) in [4.78, 5) is 39.8. The monoisotopic (exact) mass is 350 g/mol. The van der Waals surface area contributed by atoms with Crippen molar-refractivity contribution in [1.29, 1.82) is 0 Å². The lowest BCUT2D eigenvalue weighted by Gasteiger charge is -2.06. The molecule has 2 aromatic rings. The Kier molecular flexibility index (Phi) is 4.49. The molecular formula is C12H6N4O9. The molecule has 128 valence electrons. The molecule has 0 aliphatic carbocycles. The fraction of sp³-hybridized carbons (Fsp3) is 0. The number of rotatable bonds is 6. The van der Waals surface area contributed by atoms with Gasteiger partial charge in [0.1, 0.15) is 0 Å². The van der Waals surface area contributed by atoms with Crippen LogP contribution in [0, 0.1) is 40.5 Å². The summed E-state index contributed by atoms with van der Waals surface area (Å²) in [6, 6.07) is 4.90. The predicted octanol–water partition coefficient (Wildman–Crippen LogP) is 3.11. The van der Waals surface area contributed by atoms with Crippen molar-refractivity contribution in [3.8, 4) is 11.5 Å². The molecule has 0 spiro atoms. The summed E-state index contributed by atoms with van der Waals surface area (Å²) < 4.78 is 5.10. The molecule has 2 aromatic carbocycles. The van der Waals surface area contributed by atoms with Crippen LogP contribution in [0.25, 0.3) is 0 Å². The fourth-order valence-electron chi connectivity index (χ4n) is 1.82. The van der Waals surface area contributed by atoms with Crippen LogP contribution in [-0.2, 0) is 0 Å². The zero-order valence-corrected chi connectivity index (χ0v) is 11.9. The number of hydrogen-bond donors (Lipinski definition) is 0. The lowest BCUT2D eigenvalue weighted by molar-refractivity contribution is -0.395. The molecule has 0 aliphatic heterocycles. The molecule has 0 fully saturated rings. The third kappa shape index (κ3) is 3.61. The van der Waals surface area contributed by atoms with Crippen molar-refractivity contribution in [1.82, 2.24) is 0 Å². The van der Waals surface area contributed by atoms with Gasteiger partial charge < -0.3 is 4.74 Å². The summed E-state index contributed by atoms with van der Waals surface area (Å²) in [7, 11) is 0. The second-order valence-electron chi connectivity index (χ2n) is 4.43. The Balaban J connectivity index is 2.52. The Bertz CT molecular complexity index is 838. The first-order valence-corrected chi connectivity index (χ1v) is 6.24. The van der Waals surface area contributed by atoms with Gasteiger partial charge in [0.2, 0.25) is 11.5 Å². The highest BCUT2D eigenvalue weighted by Gasteiger charge is 2.26. The van der Waals surface area contributed by atoms with Crippen LogP contribution < -0.4 is 4.74 Å². The highest BCUT2D eigenvalue weighted by atomic mass is 16.6. The van der Waals surface area contributed by atoms with Gasteiger partial charge in [0, 0.05) is 12.1 Å². The Morgan fingerprint density at radius 1 is 0.600 bits per heavy atom. The van der Waals surface area contributed by atoms with E-state index >= 15 is 0 Å². The summed E-state index contributed by atoms with van der Waals surface area (Å²) in [5.41, 5.74) is -2.72. The summed E-state index contributed by atoms with van der Waals surface area (Å²) in [6.07, 6.45) is 0. The van der Waals surface area contributed by atoms with E-state index in [4.69, 9.17) is 4.74 Å². The lowest BCUT2D eigenvalue weighted by Crippen LogP contribution is -1.99. The first kappa shape index (κ1) is 17.2. The van der Waals surface area contributed by atoms with E-state index in [1.54, 1.807) is 0 Å². The number of benzene rings is 2. The van der Waals surface area contributed by atoms with Gasteiger partial charge in [-0.25, -0.2) is 0 Å². The first-order chi connectivity index (χ1) is 11.7. The molecule has 2 rings (SSSR count). The van der Waals surface area contributed by atoms with Crippen LogP contribution in [0.4, 0.5) is 22.7 Å². The molecular weight excluding hydrogens is 344 g/mol. The van der Waals surface area contributed by atoms with Gasteiger partial charge in [-0.1, -0.05) is 0 Å². The minimum atomic E-state index is -0.959. The van der Waals surface area contributed by atoms with Crippen molar-refractivity contribution in [2.75, 3.05) is 0 Å². The van der Waals surface area contributed by atoms with Gasteiger partial charge in [-0.2, -0.15) is 0 Å². The van der Waals surface area contributed by atoms with Crippen LogP contribution >= 0.6 is 0 Å². The number of nitro benzene ring substituents is 4. The van der Waals surface area contributed by atoms with E-state index in [2.05, 4.69) is 0 Å². The smallest absolute Gasteiger partial charge is 0.318 e. The van der Waals surface area contributed by atoms with Crippen molar-refractivity contribution < 1.29 is 24.4 Å². The zero-order chi connectivity index (χ0) is 18.7. The largest absolute Gasteiger partial charge is 0.443 e. The third-order valence-corrected chi connectivity index (χ3v) is 2.92. The summed E-state index contributed by atoms with van der Waals surface area (Å²) in [5, 5.41) is 43.4. The number of non-ortho nitro benzene ring substituents is 2. The van der Waals surface area contributed by atoms with Gasteiger partial charge in [0.25, 0.3) is 11.4 Å². The molecule has 0 aromatic heterocycles. The molecule has 0 saturated carbocycles. The molecule has 0 amide bonds. The quantitative estimate of drug-likeness (QED) is 0.558. The van der Waals surface area contributed by atoms with Crippen molar-refractivity contribution in [2.24, 2.45) is 0 Å². The average Bonchev–Trinajstić information content (AvgIpc) is 2.54. The maximum absolute atomic E-state index is 11.0. The Morgan fingerprint density at radius 2 is 0.960 bits per heavy atom. The summed E-state index contributed by atoms with van der Waals surface area (Å²) in [5.74, 6) is -0.986. The van der Waals surface area contributed by atoms with Crippen molar-refractivity contribution in [3.63, 3.8) is 0 Å². The van der Waals surface area contributed by atoms with Gasteiger partial charge in [-0.15, -0.1) is 0 Å². The molecule has 0 unspecified atom stereocenters. The SMILES string of the molecule is O=[N+]([O-])c1ccc(Oc2ccc([N+](=O)[O-])cc2[N+](=O)[O-])c([N+](=O)[O-])c1. The predicted molar refractivity (Wildman–Crippen MR) is 79.6 cm³/mol. The average molecular weight is 350 g/mol. The Labute approximate surface area is 136 Å². The Morgan fingerprint density at radius 3 is 1.24 bits per heavy atom. The van der Waals surface area contributed by atoms with Crippen LogP contribution in [0.3, 0.4) is 0 Å². The molecule has 0 saturated heterocycles. The third-order valence-electron chi connectivity index (χ3n) is 2.92. The lowest BCUT2D eigenvalue weighted by atomic mass is 10.2. The topological polar surface area (TPSA) is 182 Å². The number of nitrogens with zero attached hydrogens (tertiary/aromatic N) is 4. The van der Waals surface area contributed by atoms with Crippen molar-refractivity contribution in [2.45, 2.75) is 0 Å². The van der Waals surface area contributed by atoms with Crippen molar-refractivity contribution in [3.05, 3.63) is 76.9 Å². The van der Waals surface area contributed by atoms with Gasteiger partial charge in [0.15, 0.2) is 0 Å². The minimum Gasteiger partial charge on any atom is -0.443 e. The van der Waals surface area contributed by atoms with Crippen LogP contribution in [0.2, 0.25) is 0 Å². The van der Waals surface area contributed by atoms with Gasteiger partial charge in [-0.05, 0) is 12.1 Å². The van der Waals surface area contributed by atoms with Crippen LogP contribution in [0.1, 0.15) is 0 Å². The molecule has 13 nitrogen and oxygen atoms in total. The van der Waals surface area contributed by atoms with E-state index in [0.717, 1.165) is 24.3 Å². The molecule has 25 heavy (non-hydrogen) atoms. The molecule has 0 heterocycles.